The third-order valence-corrected chi connectivity index (χ3v) is 6.00. The van der Waals surface area contributed by atoms with Crippen molar-refractivity contribution >= 4 is 37.8 Å². The zero-order valence-corrected chi connectivity index (χ0v) is 12.6. The number of fused-ring (bicyclic) bond motifs is 1. The van der Waals surface area contributed by atoms with Crippen molar-refractivity contribution in [2.24, 2.45) is 5.73 Å². The van der Waals surface area contributed by atoms with Gasteiger partial charge in [-0.25, -0.2) is 8.42 Å². The van der Waals surface area contributed by atoms with Gasteiger partial charge in [0.25, 0.3) is 10.0 Å². The van der Waals surface area contributed by atoms with Gasteiger partial charge in [-0.05, 0) is 29.7 Å². The van der Waals surface area contributed by atoms with Crippen LogP contribution in [-0.4, -0.2) is 13.4 Å². The average molecular weight is 319 g/mol. The van der Waals surface area contributed by atoms with E-state index < -0.39 is 10.0 Å². The second kappa shape index (κ2) is 5.44. The number of nitrogens with zero attached hydrogens (tertiary/aromatic N) is 1. The lowest BCUT2D eigenvalue weighted by molar-refractivity contribution is 0.603. The molecular weight excluding hydrogens is 306 g/mol. The van der Waals surface area contributed by atoms with Crippen LogP contribution in [0.4, 0.5) is 5.69 Å². The topological polar surface area (TPSA) is 85.1 Å². The number of hydrogen-bond acceptors (Lipinski definition) is 5. The smallest absolute Gasteiger partial charge is 0.271 e. The molecule has 0 aliphatic carbocycles. The molecule has 0 aliphatic rings. The largest absolute Gasteiger partial charge is 0.326 e. The maximum Gasteiger partial charge on any atom is 0.271 e. The van der Waals surface area contributed by atoms with Gasteiger partial charge < -0.3 is 5.73 Å². The number of anilines is 1. The van der Waals surface area contributed by atoms with Crippen LogP contribution in [0.1, 0.15) is 4.88 Å². The first-order valence-corrected chi connectivity index (χ1v) is 8.54. The van der Waals surface area contributed by atoms with E-state index in [0.717, 1.165) is 15.6 Å². The summed E-state index contributed by atoms with van der Waals surface area (Å²) in [6.45, 7) is 0.332. The van der Waals surface area contributed by atoms with Crippen LogP contribution in [0.3, 0.4) is 0 Å². The number of benzene rings is 1. The van der Waals surface area contributed by atoms with E-state index in [9.17, 15) is 8.42 Å². The van der Waals surface area contributed by atoms with Gasteiger partial charge in [-0.2, -0.15) is 0 Å². The monoisotopic (exact) mass is 319 g/mol. The van der Waals surface area contributed by atoms with Gasteiger partial charge in [0.1, 0.15) is 4.21 Å². The fourth-order valence-corrected chi connectivity index (χ4v) is 4.32. The van der Waals surface area contributed by atoms with E-state index >= 15 is 0 Å². The molecule has 0 radical (unpaired) electrons. The van der Waals surface area contributed by atoms with E-state index in [0.29, 0.717) is 12.2 Å². The van der Waals surface area contributed by atoms with Crippen LogP contribution < -0.4 is 10.5 Å². The predicted molar refractivity (Wildman–Crippen MR) is 84.8 cm³/mol. The van der Waals surface area contributed by atoms with Gasteiger partial charge in [-0.3, -0.25) is 9.71 Å². The molecule has 2 heterocycles. The number of nitrogens with one attached hydrogen (secondary N) is 1. The fraction of sp³-hybridized carbons (Fsp3) is 0.0714. The van der Waals surface area contributed by atoms with Crippen LogP contribution in [-0.2, 0) is 16.6 Å². The van der Waals surface area contributed by atoms with E-state index in [1.165, 1.54) is 11.3 Å². The van der Waals surface area contributed by atoms with Crippen LogP contribution in [0.25, 0.3) is 10.8 Å². The summed E-state index contributed by atoms with van der Waals surface area (Å²) in [4.78, 5) is 4.87. The van der Waals surface area contributed by atoms with Crippen LogP contribution in [0.2, 0.25) is 0 Å². The number of pyridine rings is 1. The highest BCUT2D eigenvalue weighted by Gasteiger charge is 2.17. The molecule has 21 heavy (non-hydrogen) atoms. The number of aromatic nitrogens is 1. The van der Waals surface area contributed by atoms with Gasteiger partial charge in [0, 0.05) is 29.2 Å². The standard InChI is InChI=1S/C14H13N3O2S2/c15-8-11-4-5-14(20-11)21(18,19)17-13-3-1-2-10-6-7-16-9-12(10)13/h1-7,9,17H,8,15H2. The van der Waals surface area contributed by atoms with Gasteiger partial charge in [-0.15, -0.1) is 11.3 Å². The average Bonchev–Trinajstić information content (AvgIpc) is 2.97. The molecule has 3 aromatic rings. The number of thiophene rings is 1. The second-order valence-electron chi connectivity index (χ2n) is 4.43. The molecule has 0 fully saturated rings. The molecule has 108 valence electrons. The first kappa shape index (κ1) is 14.0. The molecule has 0 amide bonds. The summed E-state index contributed by atoms with van der Waals surface area (Å²) in [5.41, 5.74) is 6.04. The molecule has 5 nitrogen and oxygen atoms in total. The van der Waals surface area contributed by atoms with Gasteiger partial charge in [0.05, 0.1) is 5.69 Å². The number of sulfonamides is 1. The van der Waals surface area contributed by atoms with Crippen molar-refractivity contribution in [3.05, 3.63) is 53.7 Å². The van der Waals surface area contributed by atoms with E-state index in [1.54, 1.807) is 36.7 Å². The third-order valence-electron chi connectivity index (χ3n) is 3.03. The predicted octanol–water partition coefficient (Wildman–Crippen LogP) is 2.56. The molecule has 3 N–H and O–H groups in total. The number of rotatable bonds is 4. The summed E-state index contributed by atoms with van der Waals surface area (Å²) in [7, 11) is -3.61. The summed E-state index contributed by atoms with van der Waals surface area (Å²) < 4.78 is 27.7. The van der Waals surface area contributed by atoms with Crippen molar-refractivity contribution in [3.63, 3.8) is 0 Å². The first-order chi connectivity index (χ1) is 10.1. The van der Waals surface area contributed by atoms with Gasteiger partial charge in [0.2, 0.25) is 0 Å². The first-order valence-electron chi connectivity index (χ1n) is 6.24. The van der Waals surface area contributed by atoms with Gasteiger partial charge >= 0.3 is 0 Å². The van der Waals surface area contributed by atoms with Gasteiger partial charge in [0.15, 0.2) is 0 Å². The maximum atomic E-state index is 12.4. The van der Waals surface area contributed by atoms with Crippen molar-refractivity contribution < 1.29 is 8.42 Å². The molecule has 0 unspecified atom stereocenters. The second-order valence-corrected chi connectivity index (χ2v) is 7.51. The summed E-state index contributed by atoms with van der Waals surface area (Å²) >= 11 is 1.17. The van der Waals surface area contributed by atoms with Crippen molar-refractivity contribution in [3.8, 4) is 0 Å². The van der Waals surface area contributed by atoms with E-state index in [2.05, 4.69) is 9.71 Å². The Bertz CT molecular complexity index is 883. The van der Waals surface area contributed by atoms with Crippen molar-refractivity contribution in [2.75, 3.05) is 4.72 Å². The Balaban J connectivity index is 2.01. The van der Waals surface area contributed by atoms with Crippen LogP contribution in [0, 0.1) is 0 Å². The highest BCUT2D eigenvalue weighted by molar-refractivity contribution is 7.94. The molecule has 7 heteroatoms. The Morgan fingerprint density at radius 2 is 2.05 bits per heavy atom. The molecule has 0 atom stereocenters. The maximum absolute atomic E-state index is 12.4. The molecule has 2 aromatic heterocycles. The molecule has 3 rings (SSSR count). The van der Waals surface area contributed by atoms with E-state index in [-0.39, 0.29) is 4.21 Å². The lowest BCUT2D eigenvalue weighted by atomic mass is 10.1. The van der Waals surface area contributed by atoms with Crippen LogP contribution in [0.15, 0.2) is 53.0 Å². The third kappa shape index (κ3) is 2.76. The Labute approximate surface area is 126 Å². The fourth-order valence-electron chi connectivity index (χ4n) is 2.01. The zero-order chi connectivity index (χ0) is 14.9. The SMILES string of the molecule is NCc1ccc(S(=O)(=O)Nc2cccc3ccncc23)s1. The van der Waals surface area contributed by atoms with E-state index in [1.807, 2.05) is 12.1 Å². The number of nitrogens with two attached hydrogens (primary N) is 1. The van der Waals surface area contributed by atoms with Crippen molar-refractivity contribution in [2.45, 2.75) is 10.8 Å². The Morgan fingerprint density at radius 1 is 1.19 bits per heavy atom. The van der Waals surface area contributed by atoms with Crippen molar-refractivity contribution in [1.82, 2.24) is 4.98 Å². The molecule has 0 aliphatic heterocycles. The molecule has 0 saturated heterocycles. The quantitative estimate of drug-likeness (QED) is 0.774. The molecule has 0 spiro atoms. The molecule has 0 saturated carbocycles. The summed E-state index contributed by atoms with van der Waals surface area (Å²) in [6.07, 6.45) is 3.32. The Morgan fingerprint density at radius 3 is 2.81 bits per heavy atom. The zero-order valence-electron chi connectivity index (χ0n) is 11.0. The summed E-state index contributed by atoms with van der Waals surface area (Å²) in [5.74, 6) is 0. The van der Waals surface area contributed by atoms with Gasteiger partial charge in [-0.1, -0.05) is 12.1 Å². The lowest BCUT2D eigenvalue weighted by Crippen LogP contribution is -2.11. The minimum atomic E-state index is -3.61. The molecule has 0 bridgehead atoms. The van der Waals surface area contributed by atoms with E-state index in [4.69, 9.17) is 5.73 Å². The Hall–Kier alpha value is -1.96. The normalized spacial score (nSPS) is 11.7. The van der Waals surface area contributed by atoms with Crippen LogP contribution >= 0.6 is 11.3 Å². The molecule has 1 aromatic carbocycles. The van der Waals surface area contributed by atoms with Crippen molar-refractivity contribution in [1.29, 1.82) is 0 Å². The van der Waals surface area contributed by atoms with Crippen LogP contribution in [0.5, 0.6) is 0 Å². The summed E-state index contributed by atoms with van der Waals surface area (Å²) in [6, 6.07) is 10.6. The lowest BCUT2D eigenvalue weighted by Gasteiger charge is -2.09. The Kier molecular flexibility index (Phi) is 3.62. The minimum absolute atomic E-state index is 0.254. The molecular formula is C14H13N3O2S2. The highest BCUT2D eigenvalue weighted by Crippen LogP contribution is 2.27. The highest BCUT2D eigenvalue weighted by atomic mass is 32.2. The number of hydrogen-bond donors (Lipinski definition) is 2. The summed E-state index contributed by atoms with van der Waals surface area (Å²) in [5, 5.41) is 1.69. The minimum Gasteiger partial charge on any atom is -0.326 e.